The number of H-pyrrole nitrogens is 2. The molecule has 5 heterocycles. The molecule has 4 aromatic rings. The Bertz CT molecular complexity index is 1270. The first kappa shape index (κ1) is 18.0. The molecule has 0 saturated carbocycles. The lowest BCUT2D eigenvalue weighted by Gasteiger charge is -2.36. The third kappa shape index (κ3) is 3.01. The SMILES string of the molecule is O=C(c1c[nH]c2nc(-c3cn[nH]c3)ccc12)N1CCOCC1c1ccc2c(c1)OCO2. The largest absolute Gasteiger partial charge is 0.454 e. The van der Waals surface area contributed by atoms with Gasteiger partial charge in [-0.05, 0) is 29.8 Å². The standard InChI is InChI=1S/C22H19N5O4/c28-22(16-10-23-21-15(16)2-3-17(26-21)14-8-24-25-9-14)27-5-6-29-11-18(27)13-1-4-19-20(7-13)31-12-30-19/h1-4,7-10,18H,5-6,11-12H2,(H,23,26)(H,24,25). The number of aromatic amines is 2. The lowest BCUT2D eigenvalue weighted by atomic mass is 10.0. The molecule has 0 spiro atoms. The highest BCUT2D eigenvalue weighted by molar-refractivity contribution is 6.06. The summed E-state index contributed by atoms with van der Waals surface area (Å²) in [6.45, 7) is 1.64. The molecule has 2 N–H and O–H groups in total. The van der Waals surface area contributed by atoms with Gasteiger partial charge in [0.15, 0.2) is 11.5 Å². The molecule has 3 aromatic heterocycles. The Hall–Kier alpha value is -3.85. The Balaban J connectivity index is 1.33. The third-order valence-corrected chi connectivity index (χ3v) is 5.73. The van der Waals surface area contributed by atoms with Crippen LogP contribution in [0.1, 0.15) is 22.0 Å². The summed E-state index contributed by atoms with van der Waals surface area (Å²) in [6, 6.07) is 9.37. The van der Waals surface area contributed by atoms with Crippen LogP contribution >= 0.6 is 0 Å². The fraction of sp³-hybridized carbons (Fsp3) is 0.227. The summed E-state index contributed by atoms with van der Waals surface area (Å²) in [4.78, 5) is 23.2. The van der Waals surface area contributed by atoms with Gasteiger partial charge in [-0.25, -0.2) is 4.98 Å². The third-order valence-electron chi connectivity index (χ3n) is 5.73. The summed E-state index contributed by atoms with van der Waals surface area (Å²) in [7, 11) is 0. The maximum absolute atomic E-state index is 13.6. The van der Waals surface area contributed by atoms with E-state index in [2.05, 4.69) is 20.2 Å². The predicted octanol–water partition coefficient (Wildman–Crippen LogP) is 2.90. The van der Waals surface area contributed by atoms with Gasteiger partial charge in [-0.2, -0.15) is 5.10 Å². The number of nitrogens with one attached hydrogen (secondary N) is 2. The number of pyridine rings is 1. The summed E-state index contributed by atoms with van der Waals surface area (Å²) >= 11 is 0. The van der Waals surface area contributed by atoms with E-state index in [-0.39, 0.29) is 18.7 Å². The number of amides is 1. The molecule has 6 rings (SSSR count). The first-order valence-electron chi connectivity index (χ1n) is 10.0. The molecule has 0 bridgehead atoms. The maximum atomic E-state index is 13.6. The molecule has 1 fully saturated rings. The van der Waals surface area contributed by atoms with E-state index in [1.165, 1.54) is 0 Å². The number of ether oxygens (including phenoxy) is 3. The van der Waals surface area contributed by atoms with Crippen molar-refractivity contribution in [3.05, 3.63) is 60.0 Å². The van der Waals surface area contributed by atoms with Gasteiger partial charge in [-0.1, -0.05) is 6.07 Å². The lowest BCUT2D eigenvalue weighted by Crippen LogP contribution is -2.43. The molecule has 2 aliphatic rings. The van der Waals surface area contributed by atoms with Crippen LogP contribution in [-0.4, -0.2) is 57.5 Å². The Morgan fingerprint density at radius 1 is 1.13 bits per heavy atom. The highest BCUT2D eigenvalue weighted by Crippen LogP contribution is 2.37. The second-order valence-corrected chi connectivity index (χ2v) is 7.48. The van der Waals surface area contributed by atoms with Crippen molar-refractivity contribution in [2.45, 2.75) is 6.04 Å². The van der Waals surface area contributed by atoms with Gasteiger partial charge < -0.3 is 24.1 Å². The van der Waals surface area contributed by atoms with Crippen LogP contribution in [0.4, 0.5) is 0 Å². The molecule has 31 heavy (non-hydrogen) atoms. The number of rotatable bonds is 3. The summed E-state index contributed by atoms with van der Waals surface area (Å²) in [5.74, 6) is 1.35. The van der Waals surface area contributed by atoms with Crippen LogP contribution in [0.5, 0.6) is 11.5 Å². The number of nitrogens with zero attached hydrogens (tertiary/aromatic N) is 3. The quantitative estimate of drug-likeness (QED) is 0.531. The number of carbonyl (C=O) groups is 1. The summed E-state index contributed by atoms with van der Waals surface area (Å²) in [5, 5.41) is 7.54. The Morgan fingerprint density at radius 3 is 2.97 bits per heavy atom. The first-order valence-corrected chi connectivity index (χ1v) is 10.0. The number of hydrogen-bond acceptors (Lipinski definition) is 6. The highest BCUT2D eigenvalue weighted by atomic mass is 16.7. The van der Waals surface area contributed by atoms with Crippen molar-refractivity contribution in [3.63, 3.8) is 0 Å². The number of fused-ring (bicyclic) bond motifs is 2. The average Bonchev–Trinajstić information content (AvgIpc) is 3.58. The molecule has 9 nitrogen and oxygen atoms in total. The minimum atomic E-state index is -0.209. The monoisotopic (exact) mass is 417 g/mol. The molecular weight excluding hydrogens is 398 g/mol. The molecular formula is C22H19N5O4. The predicted molar refractivity (Wildman–Crippen MR) is 111 cm³/mol. The minimum Gasteiger partial charge on any atom is -0.454 e. The number of morpholine rings is 1. The minimum absolute atomic E-state index is 0.0601. The number of benzene rings is 1. The summed E-state index contributed by atoms with van der Waals surface area (Å²) in [6.07, 6.45) is 5.23. The van der Waals surface area contributed by atoms with Crippen molar-refractivity contribution in [2.24, 2.45) is 0 Å². The zero-order chi connectivity index (χ0) is 20.8. The van der Waals surface area contributed by atoms with E-state index in [1.807, 2.05) is 35.2 Å². The normalized spacial score (nSPS) is 17.9. The van der Waals surface area contributed by atoms with Gasteiger partial charge in [0.05, 0.1) is 36.7 Å². The van der Waals surface area contributed by atoms with E-state index in [1.54, 1.807) is 18.6 Å². The zero-order valence-electron chi connectivity index (χ0n) is 16.5. The lowest BCUT2D eigenvalue weighted by molar-refractivity contribution is -0.00263. The number of aromatic nitrogens is 4. The maximum Gasteiger partial charge on any atom is 0.256 e. The Kier molecular flexibility index (Phi) is 4.13. The molecule has 1 aromatic carbocycles. The Morgan fingerprint density at radius 2 is 2.06 bits per heavy atom. The fourth-order valence-electron chi connectivity index (χ4n) is 4.13. The van der Waals surface area contributed by atoms with Gasteiger partial charge in [0.2, 0.25) is 6.79 Å². The highest BCUT2D eigenvalue weighted by Gasteiger charge is 2.31. The van der Waals surface area contributed by atoms with E-state index in [0.29, 0.717) is 36.7 Å². The molecule has 2 aliphatic heterocycles. The van der Waals surface area contributed by atoms with Crippen molar-refractivity contribution < 1.29 is 19.0 Å². The molecule has 1 atom stereocenters. The van der Waals surface area contributed by atoms with Gasteiger partial charge in [0.1, 0.15) is 5.65 Å². The molecule has 1 saturated heterocycles. The van der Waals surface area contributed by atoms with Crippen molar-refractivity contribution in [1.82, 2.24) is 25.1 Å². The van der Waals surface area contributed by atoms with Gasteiger partial charge in [-0.15, -0.1) is 0 Å². The van der Waals surface area contributed by atoms with Gasteiger partial charge in [-0.3, -0.25) is 9.89 Å². The van der Waals surface area contributed by atoms with Crippen molar-refractivity contribution >= 4 is 16.9 Å². The molecule has 0 aliphatic carbocycles. The van der Waals surface area contributed by atoms with E-state index in [9.17, 15) is 4.79 Å². The second kappa shape index (κ2) is 7.13. The first-order chi connectivity index (χ1) is 15.3. The van der Waals surface area contributed by atoms with Crippen LogP contribution in [0.2, 0.25) is 0 Å². The van der Waals surface area contributed by atoms with Crippen LogP contribution < -0.4 is 9.47 Å². The number of carbonyl (C=O) groups excluding carboxylic acids is 1. The molecule has 9 heteroatoms. The zero-order valence-corrected chi connectivity index (χ0v) is 16.5. The molecule has 1 unspecified atom stereocenters. The molecule has 1 amide bonds. The van der Waals surface area contributed by atoms with Crippen LogP contribution in [0, 0.1) is 0 Å². The van der Waals surface area contributed by atoms with Crippen LogP contribution in [-0.2, 0) is 4.74 Å². The van der Waals surface area contributed by atoms with Gasteiger partial charge >= 0.3 is 0 Å². The molecule has 156 valence electrons. The van der Waals surface area contributed by atoms with Crippen molar-refractivity contribution in [1.29, 1.82) is 0 Å². The Labute approximate surface area is 176 Å². The number of hydrogen-bond donors (Lipinski definition) is 2. The van der Waals surface area contributed by atoms with E-state index < -0.39 is 0 Å². The fourth-order valence-corrected chi connectivity index (χ4v) is 4.13. The smallest absolute Gasteiger partial charge is 0.256 e. The van der Waals surface area contributed by atoms with E-state index in [4.69, 9.17) is 14.2 Å². The van der Waals surface area contributed by atoms with Crippen molar-refractivity contribution in [3.8, 4) is 22.8 Å². The van der Waals surface area contributed by atoms with Crippen molar-refractivity contribution in [2.75, 3.05) is 26.6 Å². The average molecular weight is 417 g/mol. The second-order valence-electron chi connectivity index (χ2n) is 7.48. The van der Waals surface area contributed by atoms with Crippen LogP contribution in [0.3, 0.4) is 0 Å². The van der Waals surface area contributed by atoms with Gasteiger partial charge in [0, 0.05) is 29.9 Å². The van der Waals surface area contributed by atoms with Crippen LogP contribution in [0.15, 0.2) is 48.9 Å². The topological polar surface area (TPSA) is 105 Å². The van der Waals surface area contributed by atoms with Crippen LogP contribution in [0.25, 0.3) is 22.3 Å². The summed E-state index contributed by atoms with van der Waals surface area (Å²) in [5.41, 5.74) is 3.88. The molecule has 0 radical (unpaired) electrons. The van der Waals surface area contributed by atoms with E-state index in [0.717, 1.165) is 28.0 Å². The van der Waals surface area contributed by atoms with E-state index >= 15 is 0 Å². The van der Waals surface area contributed by atoms with Gasteiger partial charge in [0.25, 0.3) is 5.91 Å². The summed E-state index contributed by atoms with van der Waals surface area (Å²) < 4.78 is 16.6.